The van der Waals surface area contributed by atoms with Gasteiger partial charge >= 0.3 is 0 Å². The first-order valence-electron chi connectivity index (χ1n) is 6.94. The molecule has 0 saturated carbocycles. The molecule has 114 valence electrons. The number of carbonyl (C=O) groups excluding carboxylic acids is 1. The van der Waals surface area contributed by atoms with E-state index in [1.165, 1.54) is 0 Å². The molecular formula is C15H19BrClN3O. The SMILES string of the molecule is CC(C)(C=O)CCC(Cl)N1N=CCC1c1cncc(Br)c1. The predicted molar refractivity (Wildman–Crippen MR) is 88.3 cm³/mol. The van der Waals surface area contributed by atoms with E-state index in [2.05, 4.69) is 26.0 Å². The minimum atomic E-state index is -0.344. The lowest BCUT2D eigenvalue weighted by molar-refractivity contribution is -0.115. The van der Waals surface area contributed by atoms with Gasteiger partial charge in [0.15, 0.2) is 0 Å². The molecule has 2 heterocycles. The summed E-state index contributed by atoms with van der Waals surface area (Å²) >= 11 is 9.94. The fourth-order valence-electron chi connectivity index (χ4n) is 2.28. The Labute approximate surface area is 138 Å². The Bertz CT molecular complexity index is 535. The van der Waals surface area contributed by atoms with Crippen molar-refractivity contribution in [2.75, 3.05) is 0 Å². The lowest BCUT2D eigenvalue weighted by Crippen LogP contribution is -2.29. The number of hydrogen-bond donors (Lipinski definition) is 0. The van der Waals surface area contributed by atoms with Crippen LogP contribution in [0.2, 0.25) is 0 Å². The molecule has 0 radical (unpaired) electrons. The smallest absolute Gasteiger partial charge is 0.125 e. The highest BCUT2D eigenvalue weighted by Crippen LogP contribution is 2.34. The lowest BCUT2D eigenvalue weighted by atomic mass is 9.89. The number of nitrogens with zero attached hydrogens (tertiary/aromatic N) is 3. The predicted octanol–water partition coefficient (Wildman–Crippen LogP) is 4.15. The maximum atomic E-state index is 11.0. The highest BCUT2D eigenvalue weighted by atomic mass is 79.9. The molecule has 2 rings (SSSR count). The molecule has 0 amide bonds. The molecule has 0 fully saturated rings. The summed E-state index contributed by atoms with van der Waals surface area (Å²) in [5, 5.41) is 6.30. The molecule has 0 bridgehead atoms. The van der Waals surface area contributed by atoms with Crippen LogP contribution in [-0.2, 0) is 4.79 Å². The maximum Gasteiger partial charge on any atom is 0.125 e. The highest BCUT2D eigenvalue weighted by Gasteiger charge is 2.29. The van der Waals surface area contributed by atoms with Crippen LogP contribution in [0.1, 0.15) is 44.7 Å². The van der Waals surface area contributed by atoms with E-state index in [1.807, 2.05) is 37.3 Å². The molecule has 6 heteroatoms. The molecule has 1 aromatic heterocycles. The summed E-state index contributed by atoms with van der Waals surface area (Å²) in [6, 6.07) is 2.15. The van der Waals surface area contributed by atoms with E-state index in [-0.39, 0.29) is 17.0 Å². The van der Waals surface area contributed by atoms with E-state index >= 15 is 0 Å². The van der Waals surface area contributed by atoms with E-state index in [0.717, 1.165) is 29.2 Å². The molecule has 0 N–H and O–H groups in total. The minimum absolute atomic E-state index is 0.108. The van der Waals surface area contributed by atoms with E-state index in [0.29, 0.717) is 6.42 Å². The quantitative estimate of drug-likeness (QED) is 0.428. The maximum absolute atomic E-state index is 11.0. The van der Waals surface area contributed by atoms with Crippen LogP contribution < -0.4 is 0 Å². The molecule has 4 nitrogen and oxygen atoms in total. The average molecular weight is 373 g/mol. The molecule has 0 aliphatic carbocycles. The third kappa shape index (κ3) is 4.27. The zero-order valence-electron chi connectivity index (χ0n) is 12.2. The van der Waals surface area contributed by atoms with Gasteiger partial charge in [0, 0.05) is 34.9 Å². The van der Waals surface area contributed by atoms with E-state index in [1.54, 1.807) is 6.20 Å². The third-order valence-electron chi connectivity index (χ3n) is 3.61. The normalized spacial score (nSPS) is 19.8. The Morgan fingerprint density at radius 2 is 2.33 bits per heavy atom. The van der Waals surface area contributed by atoms with Gasteiger partial charge in [-0.25, -0.2) is 0 Å². The lowest BCUT2D eigenvalue weighted by Gasteiger charge is -2.30. The summed E-state index contributed by atoms with van der Waals surface area (Å²) in [5.41, 5.74) is 0.512. The average Bonchev–Trinajstić information content (AvgIpc) is 2.94. The van der Waals surface area contributed by atoms with Crippen LogP contribution in [0.4, 0.5) is 0 Å². The second-order valence-corrected chi connectivity index (χ2v) is 7.37. The zero-order valence-corrected chi connectivity index (χ0v) is 14.5. The molecule has 1 aromatic rings. The molecule has 2 atom stereocenters. The van der Waals surface area contributed by atoms with Crippen LogP contribution in [0.3, 0.4) is 0 Å². The van der Waals surface area contributed by atoms with Crippen molar-refractivity contribution >= 4 is 40.0 Å². The number of hydrazone groups is 1. The van der Waals surface area contributed by atoms with Gasteiger partial charge in [0.1, 0.15) is 11.8 Å². The topological polar surface area (TPSA) is 45.6 Å². The Balaban J connectivity index is 2.04. The number of alkyl halides is 1. The Kier molecular flexibility index (Phi) is 5.38. The Morgan fingerprint density at radius 3 is 3.00 bits per heavy atom. The van der Waals surface area contributed by atoms with Crippen molar-refractivity contribution in [3.63, 3.8) is 0 Å². The number of aldehydes is 1. The van der Waals surface area contributed by atoms with Crippen molar-refractivity contribution in [2.45, 2.75) is 44.7 Å². The third-order valence-corrected chi connectivity index (χ3v) is 4.46. The fraction of sp³-hybridized carbons (Fsp3) is 0.533. The van der Waals surface area contributed by atoms with Crippen molar-refractivity contribution < 1.29 is 4.79 Å². The molecular weight excluding hydrogens is 354 g/mol. The fourth-order valence-corrected chi connectivity index (χ4v) is 2.96. The highest BCUT2D eigenvalue weighted by molar-refractivity contribution is 9.10. The number of aromatic nitrogens is 1. The first-order valence-corrected chi connectivity index (χ1v) is 8.17. The van der Waals surface area contributed by atoms with Gasteiger partial charge in [0.25, 0.3) is 0 Å². The number of pyridine rings is 1. The summed E-state index contributed by atoms with van der Waals surface area (Å²) in [4.78, 5) is 15.2. The van der Waals surface area contributed by atoms with Gasteiger partial charge in [-0.05, 0) is 40.4 Å². The van der Waals surface area contributed by atoms with Crippen LogP contribution >= 0.6 is 27.5 Å². The van der Waals surface area contributed by atoms with Crippen molar-refractivity contribution in [1.82, 2.24) is 9.99 Å². The molecule has 0 spiro atoms. The summed E-state index contributed by atoms with van der Waals surface area (Å²) in [6.07, 6.45) is 8.73. The zero-order chi connectivity index (χ0) is 15.5. The van der Waals surface area contributed by atoms with Gasteiger partial charge in [0.2, 0.25) is 0 Å². The van der Waals surface area contributed by atoms with Gasteiger partial charge < -0.3 is 4.79 Å². The molecule has 21 heavy (non-hydrogen) atoms. The first-order chi connectivity index (χ1) is 9.93. The summed E-state index contributed by atoms with van der Waals surface area (Å²) < 4.78 is 0.945. The van der Waals surface area contributed by atoms with Crippen LogP contribution in [0.5, 0.6) is 0 Å². The van der Waals surface area contributed by atoms with E-state index < -0.39 is 0 Å². The number of halogens is 2. The van der Waals surface area contributed by atoms with Crippen LogP contribution in [0.25, 0.3) is 0 Å². The standard InChI is InChI=1S/C15H19BrClN3O/c1-15(2,10-21)5-3-14(17)20-13(4-6-19-20)11-7-12(16)9-18-8-11/h6-10,13-14H,3-5H2,1-2H3. The monoisotopic (exact) mass is 371 g/mol. The van der Waals surface area contributed by atoms with Crippen molar-refractivity contribution in [3.05, 3.63) is 28.5 Å². The van der Waals surface area contributed by atoms with E-state index in [9.17, 15) is 4.79 Å². The van der Waals surface area contributed by atoms with Crippen LogP contribution in [0, 0.1) is 5.41 Å². The molecule has 1 aliphatic rings. The molecule has 0 aromatic carbocycles. The first kappa shape index (κ1) is 16.4. The Hall–Kier alpha value is -0.940. The second-order valence-electron chi connectivity index (χ2n) is 5.95. The number of carbonyl (C=O) groups is 1. The minimum Gasteiger partial charge on any atom is -0.303 e. The molecule has 2 unspecified atom stereocenters. The van der Waals surface area contributed by atoms with Gasteiger partial charge in [-0.3, -0.25) is 9.99 Å². The Morgan fingerprint density at radius 1 is 1.57 bits per heavy atom. The number of rotatable bonds is 6. The molecule has 1 aliphatic heterocycles. The molecule has 0 saturated heterocycles. The largest absolute Gasteiger partial charge is 0.303 e. The van der Waals surface area contributed by atoms with Crippen LogP contribution in [0.15, 0.2) is 28.0 Å². The van der Waals surface area contributed by atoms with Crippen molar-refractivity contribution in [1.29, 1.82) is 0 Å². The number of hydrogen-bond acceptors (Lipinski definition) is 4. The summed E-state index contributed by atoms with van der Waals surface area (Å²) in [7, 11) is 0. The van der Waals surface area contributed by atoms with Gasteiger partial charge in [0.05, 0.1) is 6.04 Å². The van der Waals surface area contributed by atoms with Crippen molar-refractivity contribution in [3.8, 4) is 0 Å². The van der Waals surface area contributed by atoms with Gasteiger partial charge in [-0.1, -0.05) is 25.4 Å². The second kappa shape index (κ2) is 6.88. The summed E-state index contributed by atoms with van der Waals surface area (Å²) in [6.45, 7) is 3.85. The van der Waals surface area contributed by atoms with Gasteiger partial charge in [-0.2, -0.15) is 5.10 Å². The van der Waals surface area contributed by atoms with Crippen molar-refractivity contribution in [2.24, 2.45) is 10.5 Å². The van der Waals surface area contributed by atoms with E-state index in [4.69, 9.17) is 11.6 Å². The van der Waals surface area contributed by atoms with Gasteiger partial charge in [-0.15, -0.1) is 0 Å². The van der Waals surface area contributed by atoms with Crippen LogP contribution in [-0.4, -0.2) is 28.0 Å². The summed E-state index contributed by atoms with van der Waals surface area (Å²) in [5.74, 6) is 0.